The van der Waals surface area contributed by atoms with Crippen molar-refractivity contribution >= 4 is 16.5 Å². The summed E-state index contributed by atoms with van der Waals surface area (Å²) >= 11 is 0. The quantitative estimate of drug-likeness (QED) is 0.826. The van der Waals surface area contributed by atoms with E-state index >= 15 is 0 Å². The van der Waals surface area contributed by atoms with Crippen LogP contribution < -0.4 is 5.73 Å². The number of hydrogen-bond donors (Lipinski definition) is 1. The van der Waals surface area contributed by atoms with Gasteiger partial charge in [-0.05, 0) is 29.7 Å². The third-order valence-corrected chi connectivity index (χ3v) is 4.63. The normalized spacial score (nSPS) is 15.1. The van der Waals surface area contributed by atoms with Crippen LogP contribution in [0.5, 0.6) is 0 Å². The number of halogens is 1. The summed E-state index contributed by atoms with van der Waals surface area (Å²) in [6, 6.07) is 4.33. The van der Waals surface area contributed by atoms with E-state index in [4.69, 9.17) is 5.73 Å². The van der Waals surface area contributed by atoms with Crippen LogP contribution in [0.4, 0.5) is 10.1 Å². The van der Waals surface area contributed by atoms with Crippen LogP contribution in [0.3, 0.4) is 0 Å². The van der Waals surface area contributed by atoms with Gasteiger partial charge in [0.2, 0.25) is 0 Å². The average Bonchev–Trinajstić information content (AvgIpc) is 2.14. The smallest absolute Gasteiger partial charge is 0.125 e. The molecule has 0 heterocycles. The molecular formula is C12H18FNOS. The van der Waals surface area contributed by atoms with E-state index in [0.717, 1.165) is 0 Å². The summed E-state index contributed by atoms with van der Waals surface area (Å²) in [6.07, 6.45) is 0. The molecule has 2 N–H and O–H groups in total. The molecule has 0 aliphatic rings. The van der Waals surface area contributed by atoms with Gasteiger partial charge in [-0.1, -0.05) is 20.8 Å². The SMILES string of the molecule is CC(C)C(C)S(=O)Cc1cc(N)cc(F)c1. The number of nitrogens with two attached hydrogens (primary N) is 1. The van der Waals surface area contributed by atoms with Crippen LogP contribution in [0.25, 0.3) is 0 Å². The van der Waals surface area contributed by atoms with Crippen molar-refractivity contribution in [3.8, 4) is 0 Å². The summed E-state index contributed by atoms with van der Waals surface area (Å²) in [5, 5.41) is 0.101. The Bertz CT molecular complexity index is 372. The van der Waals surface area contributed by atoms with Crippen molar-refractivity contribution in [3.63, 3.8) is 0 Å². The van der Waals surface area contributed by atoms with Crippen LogP contribution >= 0.6 is 0 Å². The lowest BCUT2D eigenvalue weighted by molar-refractivity contribution is 0.604. The van der Waals surface area contributed by atoms with Crippen LogP contribution in [0.2, 0.25) is 0 Å². The molecule has 0 spiro atoms. The lowest BCUT2D eigenvalue weighted by Gasteiger charge is -2.15. The highest BCUT2D eigenvalue weighted by Gasteiger charge is 2.15. The molecule has 0 bridgehead atoms. The predicted molar refractivity (Wildman–Crippen MR) is 67.0 cm³/mol. The summed E-state index contributed by atoms with van der Waals surface area (Å²) in [4.78, 5) is 0. The monoisotopic (exact) mass is 243 g/mol. The zero-order valence-corrected chi connectivity index (χ0v) is 10.7. The highest BCUT2D eigenvalue weighted by molar-refractivity contribution is 7.84. The molecule has 1 aromatic rings. The first kappa shape index (κ1) is 13.2. The molecule has 0 aromatic heterocycles. The molecule has 2 unspecified atom stereocenters. The number of hydrogen-bond acceptors (Lipinski definition) is 2. The Labute approximate surface area is 98.5 Å². The van der Waals surface area contributed by atoms with Crippen molar-refractivity contribution < 1.29 is 8.60 Å². The van der Waals surface area contributed by atoms with Gasteiger partial charge in [0.15, 0.2) is 0 Å². The van der Waals surface area contributed by atoms with Crippen LogP contribution in [-0.2, 0) is 16.6 Å². The minimum atomic E-state index is -0.985. The molecule has 90 valence electrons. The van der Waals surface area contributed by atoms with Crippen LogP contribution in [0.1, 0.15) is 26.3 Å². The van der Waals surface area contributed by atoms with Crippen LogP contribution in [-0.4, -0.2) is 9.46 Å². The molecule has 2 atom stereocenters. The Kier molecular flexibility index (Phi) is 4.47. The number of rotatable bonds is 4. The molecular weight excluding hydrogens is 225 g/mol. The van der Waals surface area contributed by atoms with Crippen LogP contribution in [0, 0.1) is 11.7 Å². The fraction of sp³-hybridized carbons (Fsp3) is 0.500. The second kappa shape index (κ2) is 5.43. The summed E-state index contributed by atoms with van der Waals surface area (Å²) in [5.74, 6) is 0.345. The Balaban J connectivity index is 2.77. The number of nitrogen functional groups attached to an aromatic ring is 1. The van der Waals surface area contributed by atoms with Gasteiger partial charge in [-0.15, -0.1) is 0 Å². The Morgan fingerprint density at radius 2 is 1.94 bits per heavy atom. The van der Waals surface area contributed by atoms with E-state index in [1.807, 2.05) is 20.8 Å². The summed E-state index contributed by atoms with van der Waals surface area (Å²) in [7, 11) is -0.985. The first-order chi connectivity index (χ1) is 7.40. The summed E-state index contributed by atoms with van der Waals surface area (Å²) in [5.41, 5.74) is 6.61. The molecule has 0 amide bonds. The predicted octanol–water partition coefficient (Wildman–Crippen LogP) is 2.70. The van der Waals surface area contributed by atoms with Gasteiger partial charge >= 0.3 is 0 Å². The molecule has 1 aromatic carbocycles. The second-order valence-electron chi connectivity index (χ2n) is 4.37. The minimum Gasteiger partial charge on any atom is -0.399 e. The maximum Gasteiger partial charge on any atom is 0.125 e. The third-order valence-electron chi connectivity index (χ3n) is 2.64. The first-order valence-electron chi connectivity index (χ1n) is 5.32. The molecule has 1 rings (SSSR count). The maximum atomic E-state index is 13.1. The third kappa shape index (κ3) is 3.59. The van der Waals surface area contributed by atoms with Crippen LogP contribution in [0.15, 0.2) is 18.2 Å². The fourth-order valence-corrected chi connectivity index (χ4v) is 2.72. The Morgan fingerprint density at radius 3 is 2.44 bits per heavy atom. The highest BCUT2D eigenvalue weighted by Crippen LogP contribution is 2.16. The fourth-order valence-electron chi connectivity index (χ4n) is 1.36. The van der Waals surface area contributed by atoms with Gasteiger partial charge in [0.25, 0.3) is 0 Å². The largest absolute Gasteiger partial charge is 0.399 e. The van der Waals surface area contributed by atoms with E-state index in [-0.39, 0.29) is 11.1 Å². The molecule has 2 nitrogen and oxygen atoms in total. The van der Waals surface area contributed by atoms with Crippen molar-refractivity contribution in [3.05, 3.63) is 29.6 Å². The van der Waals surface area contributed by atoms with Gasteiger partial charge in [0.05, 0.1) is 0 Å². The second-order valence-corrected chi connectivity index (χ2v) is 6.16. The molecule has 0 aliphatic carbocycles. The summed E-state index contributed by atoms with van der Waals surface area (Å²) < 4.78 is 25.0. The van der Waals surface area contributed by atoms with Gasteiger partial charge < -0.3 is 5.73 Å². The highest BCUT2D eigenvalue weighted by atomic mass is 32.2. The van der Waals surface area contributed by atoms with Crippen molar-refractivity contribution in [1.82, 2.24) is 0 Å². The first-order valence-corrected chi connectivity index (χ1v) is 6.70. The van der Waals surface area contributed by atoms with E-state index in [0.29, 0.717) is 22.9 Å². The van der Waals surface area contributed by atoms with Crippen molar-refractivity contribution in [2.24, 2.45) is 5.92 Å². The number of anilines is 1. The van der Waals surface area contributed by atoms with E-state index in [1.54, 1.807) is 6.07 Å². The standard InChI is InChI=1S/C12H18FNOS/c1-8(2)9(3)16(15)7-10-4-11(13)6-12(14)5-10/h4-6,8-9H,7,14H2,1-3H3. The number of benzene rings is 1. The van der Waals surface area contributed by atoms with Crippen molar-refractivity contribution in [1.29, 1.82) is 0 Å². The summed E-state index contributed by atoms with van der Waals surface area (Å²) in [6.45, 7) is 6.01. The molecule has 0 radical (unpaired) electrons. The van der Waals surface area contributed by atoms with Gasteiger partial charge in [0.1, 0.15) is 5.82 Å². The Morgan fingerprint density at radius 1 is 1.31 bits per heavy atom. The van der Waals surface area contributed by atoms with E-state index < -0.39 is 10.8 Å². The molecule has 0 saturated carbocycles. The molecule has 0 saturated heterocycles. The topological polar surface area (TPSA) is 43.1 Å². The van der Waals surface area contributed by atoms with E-state index in [2.05, 4.69) is 0 Å². The van der Waals surface area contributed by atoms with E-state index in [9.17, 15) is 8.60 Å². The molecule has 0 fully saturated rings. The Hall–Kier alpha value is -0.900. The zero-order chi connectivity index (χ0) is 12.3. The van der Waals surface area contributed by atoms with E-state index in [1.165, 1.54) is 12.1 Å². The van der Waals surface area contributed by atoms with Crippen molar-refractivity contribution in [2.75, 3.05) is 5.73 Å². The average molecular weight is 243 g/mol. The van der Waals surface area contributed by atoms with Gasteiger partial charge in [-0.3, -0.25) is 4.21 Å². The van der Waals surface area contributed by atoms with Crippen molar-refractivity contribution in [2.45, 2.75) is 31.8 Å². The zero-order valence-electron chi connectivity index (χ0n) is 9.87. The minimum absolute atomic E-state index is 0.101. The lowest BCUT2D eigenvalue weighted by Crippen LogP contribution is -2.19. The molecule has 16 heavy (non-hydrogen) atoms. The van der Waals surface area contributed by atoms with Gasteiger partial charge in [-0.2, -0.15) is 0 Å². The van der Waals surface area contributed by atoms with Gasteiger partial charge in [0, 0.05) is 27.5 Å². The van der Waals surface area contributed by atoms with Gasteiger partial charge in [-0.25, -0.2) is 4.39 Å². The maximum absolute atomic E-state index is 13.1. The lowest BCUT2D eigenvalue weighted by atomic mass is 10.2. The molecule has 4 heteroatoms. The molecule has 0 aliphatic heterocycles.